The average molecular weight is 797 g/mol. The summed E-state index contributed by atoms with van der Waals surface area (Å²) in [4.78, 5) is 26.8. The topological polar surface area (TPSA) is 120 Å². The summed E-state index contributed by atoms with van der Waals surface area (Å²) < 4.78 is 19.8. The minimum Gasteiger partial charge on any atom is -0.431 e. The summed E-state index contributed by atoms with van der Waals surface area (Å²) >= 11 is 1.53. The molecule has 0 spiro atoms. The van der Waals surface area contributed by atoms with E-state index in [0.717, 1.165) is 61.5 Å². The van der Waals surface area contributed by atoms with Crippen molar-refractivity contribution in [1.29, 1.82) is 0 Å². The second-order valence-corrected chi connectivity index (χ2v) is 15.3. The van der Waals surface area contributed by atoms with Crippen LogP contribution in [0.3, 0.4) is 0 Å². The van der Waals surface area contributed by atoms with E-state index in [1.165, 1.54) is 18.0 Å². The SMILES string of the molecule is O=C(NCc1cccc(-c2ccc([C@H]3O[C@@H](CSc4nc(-c5ccccc5)c(-c5ccccc5)o4)C[C@@H](c4ccc(CO)cc4)O3)cc2)c1)c1cnc2ccccc2n1. The lowest BCUT2D eigenvalue weighted by atomic mass is 9.99. The molecule has 0 saturated carbocycles. The second kappa shape index (κ2) is 17.6. The molecule has 3 heterocycles. The molecule has 1 amide bonds. The lowest BCUT2D eigenvalue weighted by Gasteiger charge is -2.36. The molecule has 0 unspecified atom stereocenters. The third-order valence-electron chi connectivity index (χ3n) is 10.3. The fourth-order valence-corrected chi connectivity index (χ4v) is 8.00. The Morgan fingerprint density at radius 1 is 0.678 bits per heavy atom. The number of thioether (sulfide) groups is 1. The fraction of sp³-hybridized carbons (Fsp3) is 0.143. The largest absolute Gasteiger partial charge is 0.431 e. The molecule has 2 N–H and O–H groups in total. The molecule has 59 heavy (non-hydrogen) atoms. The first-order chi connectivity index (χ1) is 29.1. The van der Waals surface area contributed by atoms with Crippen molar-refractivity contribution in [3.05, 3.63) is 192 Å². The van der Waals surface area contributed by atoms with Crippen molar-refractivity contribution >= 4 is 28.7 Å². The van der Waals surface area contributed by atoms with Gasteiger partial charge in [0.2, 0.25) is 0 Å². The van der Waals surface area contributed by atoms with Crippen LogP contribution in [0.2, 0.25) is 0 Å². The summed E-state index contributed by atoms with van der Waals surface area (Å²) in [6, 6.07) is 51.9. The molecule has 9 rings (SSSR count). The Hall–Kier alpha value is -6.43. The van der Waals surface area contributed by atoms with Gasteiger partial charge in [-0.15, -0.1) is 0 Å². The highest BCUT2D eigenvalue weighted by Gasteiger charge is 2.33. The van der Waals surface area contributed by atoms with E-state index in [1.807, 2.05) is 133 Å². The van der Waals surface area contributed by atoms with Crippen LogP contribution in [0.15, 0.2) is 174 Å². The van der Waals surface area contributed by atoms with Crippen LogP contribution in [0.5, 0.6) is 0 Å². The Labute approximate surface area is 346 Å². The highest BCUT2D eigenvalue weighted by atomic mass is 32.2. The number of aromatic nitrogens is 3. The van der Waals surface area contributed by atoms with Gasteiger partial charge in [-0.05, 0) is 46.0 Å². The van der Waals surface area contributed by atoms with E-state index >= 15 is 0 Å². The number of nitrogens with zero attached hydrogens (tertiary/aromatic N) is 3. The van der Waals surface area contributed by atoms with Crippen molar-refractivity contribution in [3.63, 3.8) is 0 Å². The molecule has 9 nitrogen and oxygen atoms in total. The molecule has 292 valence electrons. The van der Waals surface area contributed by atoms with Crippen LogP contribution in [0.4, 0.5) is 0 Å². The quantitative estimate of drug-likeness (QED) is 0.116. The van der Waals surface area contributed by atoms with Crippen molar-refractivity contribution in [2.45, 2.75) is 43.3 Å². The number of fused-ring (bicyclic) bond motifs is 1. The van der Waals surface area contributed by atoms with Crippen LogP contribution >= 0.6 is 11.8 Å². The van der Waals surface area contributed by atoms with Crippen molar-refractivity contribution in [3.8, 4) is 33.7 Å². The number of hydrogen-bond donors (Lipinski definition) is 2. The second-order valence-electron chi connectivity index (χ2n) is 14.3. The number of para-hydroxylation sites is 2. The first kappa shape index (κ1) is 38.1. The van der Waals surface area contributed by atoms with E-state index in [9.17, 15) is 9.90 Å². The van der Waals surface area contributed by atoms with Gasteiger partial charge < -0.3 is 24.3 Å². The number of rotatable bonds is 12. The molecule has 1 aliphatic rings. The number of benzene rings is 6. The molecule has 1 fully saturated rings. The number of amides is 1. The third-order valence-corrected chi connectivity index (χ3v) is 11.2. The molecule has 3 atom stereocenters. The molecule has 0 aliphatic carbocycles. The summed E-state index contributed by atoms with van der Waals surface area (Å²) in [5.41, 5.74) is 10.2. The van der Waals surface area contributed by atoms with Crippen LogP contribution in [-0.4, -0.2) is 37.8 Å². The van der Waals surface area contributed by atoms with Crippen LogP contribution < -0.4 is 5.32 Å². The maximum atomic E-state index is 12.9. The first-order valence-electron chi connectivity index (χ1n) is 19.5. The van der Waals surface area contributed by atoms with Crippen LogP contribution in [0.1, 0.15) is 51.6 Å². The molecule has 10 heteroatoms. The molecular formula is C49H40N4O5S. The van der Waals surface area contributed by atoms with E-state index in [1.54, 1.807) is 0 Å². The van der Waals surface area contributed by atoms with Crippen molar-refractivity contribution in [2.24, 2.45) is 0 Å². The maximum Gasteiger partial charge on any atom is 0.271 e. The van der Waals surface area contributed by atoms with E-state index in [-0.39, 0.29) is 30.4 Å². The number of ether oxygens (including phenoxy) is 2. The molecule has 2 aromatic heterocycles. The average Bonchev–Trinajstić information content (AvgIpc) is 3.75. The molecule has 0 bridgehead atoms. The number of carbonyl (C=O) groups is 1. The smallest absolute Gasteiger partial charge is 0.271 e. The predicted octanol–water partition coefficient (Wildman–Crippen LogP) is 10.4. The number of aliphatic hydroxyl groups is 1. The standard InChI is InChI=1S/C49H40N4O5S/c54-30-32-18-20-35(21-19-32)44-27-40(31-59-49-53-45(36-11-3-1-4-12-36)46(58-49)37-13-5-2-6-14-37)56-48(57-44)38-24-22-34(23-25-38)39-15-9-10-33(26-39)28-51-47(55)43-29-50-41-16-7-8-17-42(41)52-43/h1-26,29,40,44,48,54H,27-28,30-31H2,(H,51,55)/t40-,44+,48+/m1/s1. The third kappa shape index (κ3) is 8.86. The van der Waals surface area contributed by atoms with E-state index < -0.39 is 6.29 Å². The summed E-state index contributed by atoms with van der Waals surface area (Å²) in [6.07, 6.45) is 1.11. The monoisotopic (exact) mass is 796 g/mol. The summed E-state index contributed by atoms with van der Waals surface area (Å²) in [5.74, 6) is 1.06. The number of carbonyl (C=O) groups excluding carboxylic acids is 1. The summed E-state index contributed by atoms with van der Waals surface area (Å²) in [7, 11) is 0. The van der Waals surface area contributed by atoms with Gasteiger partial charge in [0.25, 0.3) is 11.1 Å². The highest BCUT2D eigenvalue weighted by Crippen LogP contribution is 2.41. The Balaban J connectivity index is 0.909. The van der Waals surface area contributed by atoms with Crippen molar-refractivity contribution < 1.29 is 23.8 Å². The normalized spacial score (nSPS) is 16.5. The Morgan fingerprint density at radius 3 is 2.14 bits per heavy atom. The minimum atomic E-state index is -0.616. The lowest BCUT2D eigenvalue weighted by Crippen LogP contribution is -2.31. The Kier molecular flexibility index (Phi) is 11.4. The van der Waals surface area contributed by atoms with Crippen molar-refractivity contribution in [1.82, 2.24) is 20.3 Å². The van der Waals surface area contributed by atoms with Crippen LogP contribution in [0.25, 0.3) is 44.7 Å². The molecule has 1 saturated heterocycles. The Morgan fingerprint density at radius 2 is 1.37 bits per heavy atom. The summed E-state index contributed by atoms with van der Waals surface area (Å²) in [6.45, 7) is 0.324. The maximum absolute atomic E-state index is 12.9. The first-order valence-corrected chi connectivity index (χ1v) is 20.5. The van der Waals surface area contributed by atoms with Gasteiger partial charge >= 0.3 is 0 Å². The van der Waals surface area contributed by atoms with Crippen LogP contribution in [0, 0.1) is 0 Å². The Bertz CT molecular complexity index is 2620. The number of oxazole rings is 1. The number of nitrogens with one attached hydrogen (secondary N) is 1. The van der Waals surface area contributed by atoms with Crippen LogP contribution in [-0.2, 0) is 22.6 Å². The predicted molar refractivity (Wildman–Crippen MR) is 229 cm³/mol. The zero-order valence-corrected chi connectivity index (χ0v) is 32.8. The molecule has 0 radical (unpaired) electrons. The van der Waals surface area contributed by atoms with E-state index in [2.05, 4.69) is 39.6 Å². The highest BCUT2D eigenvalue weighted by molar-refractivity contribution is 7.99. The van der Waals surface area contributed by atoms with E-state index in [0.29, 0.717) is 29.5 Å². The molecule has 8 aromatic rings. The minimum absolute atomic E-state index is 0.0205. The fourth-order valence-electron chi connectivity index (χ4n) is 7.16. The number of hydrogen-bond acceptors (Lipinski definition) is 9. The van der Waals surface area contributed by atoms with Gasteiger partial charge in [-0.3, -0.25) is 9.78 Å². The van der Waals surface area contributed by atoms with E-state index in [4.69, 9.17) is 18.9 Å². The molecule has 6 aromatic carbocycles. The zero-order chi connectivity index (χ0) is 40.0. The molecular weight excluding hydrogens is 757 g/mol. The summed E-state index contributed by atoms with van der Waals surface area (Å²) in [5, 5.41) is 13.2. The van der Waals surface area contributed by atoms with Gasteiger partial charge in [0, 0.05) is 35.4 Å². The molecule has 1 aliphatic heterocycles. The van der Waals surface area contributed by atoms with Gasteiger partial charge in [0.05, 0.1) is 36.0 Å². The van der Waals surface area contributed by atoms with Gasteiger partial charge in [-0.2, -0.15) is 0 Å². The van der Waals surface area contributed by atoms with Gasteiger partial charge in [0.15, 0.2) is 12.1 Å². The van der Waals surface area contributed by atoms with Gasteiger partial charge in [-0.1, -0.05) is 151 Å². The number of aliphatic hydroxyl groups excluding tert-OH is 1. The van der Waals surface area contributed by atoms with Gasteiger partial charge in [-0.25, -0.2) is 9.97 Å². The lowest BCUT2D eigenvalue weighted by molar-refractivity contribution is -0.245. The zero-order valence-electron chi connectivity index (χ0n) is 32.0. The van der Waals surface area contributed by atoms with Gasteiger partial charge in [0.1, 0.15) is 11.4 Å². The van der Waals surface area contributed by atoms with Crippen molar-refractivity contribution in [2.75, 3.05) is 5.75 Å².